The van der Waals surface area contributed by atoms with Crippen molar-refractivity contribution in [2.24, 2.45) is 11.3 Å². The molecule has 102 valence electrons. The van der Waals surface area contributed by atoms with Gasteiger partial charge in [0, 0.05) is 6.04 Å². The Labute approximate surface area is 105 Å². The number of hydrogen-bond acceptors (Lipinski definition) is 4. The molecule has 1 heterocycles. The van der Waals surface area contributed by atoms with Gasteiger partial charge in [-0.3, -0.25) is 11.3 Å². The van der Waals surface area contributed by atoms with Crippen LogP contribution in [-0.4, -0.2) is 25.5 Å². The Morgan fingerprint density at radius 2 is 2.00 bits per heavy atom. The van der Waals surface area contributed by atoms with Crippen molar-refractivity contribution in [3.63, 3.8) is 0 Å². The Morgan fingerprint density at radius 1 is 1.35 bits per heavy atom. The van der Waals surface area contributed by atoms with E-state index in [1.54, 1.807) is 0 Å². The van der Waals surface area contributed by atoms with Crippen LogP contribution in [0.3, 0.4) is 0 Å². The lowest BCUT2D eigenvalue weighted by molar-refractivity contribution is 0.318. The number of nitrogens with one attached hydrogen (secondary N) is 1. The second-order valence-corrected chi connectivity index (χ2v) is 8.61. The molecule has 1 fully saturated rings. The quantitative estimate of drug-likeness (QED) is 0.596. The Kier molecular flexibility index (Phi) is 4.98. The van der Waals surface area contributed by atoms with Crippen LogP contribution in [0.1, 0.15) is 52.9 Å². The summed E-state index contributed by atoms with van der Waals surface area (Å²) in [5.41, 5.74) is 2.94. The Morgan fingerprint density at radius 3 is 2.47 bits per heavy atom. The van der Waals surface area contributed by atoms with E-state index < -0.39 is 9.84 Å². The van der Waals surface area contributed by atoms with E-state index in [9.17, 15) is 8.42 Å². The molecule has 2 unspecified atom stereocenters. The van der Waals surface area contributed by atoms with E-state index in [2.05, 4.69) is 26.2 Å². The topological polar surface area (TPSA) is 72.2 Å². The molecule has 1 aliphatic rings. The number of sulfone groups is 1. The van der Waals surface area contributed by atoms with Gasteiger partial charge in [-0.1, -0.05) is 27.2 Å². The van der Waals surface area contributed by atoms with Gasteiger partial charge in [-0.05, 0) is 31.1 Å². The van der Waals surface area contributed by atoms with E-state index in [0.29, 0.717) is 5.75 Å². The SMILES string of the molecule is CC(C)(C)CCC(NN)C1CCCCS1(=O)=O. The van der Waals surface area contributed by atoms with Crippen LogP contribution in [-0.2, 0) is 9.84 Å². The summed E-state index contributed by atoms with van der Waals surface area (Å²) in [4.78, 5) is 0. The highest BCUT2D eigenvalue weighted by atomic mass is 32.2. The molecule has 0 aromatic heterocycles. The smallest absolute Gasteiger partial charge is 0.154 e. The van der Waals surface area contributed by atoms with Crippen LogP contribution in [0, 0.1) is 5.41 Å². The molecule has 2 atom stereocenters. The minimum atomic E-state index is -2.95. The summed E-state index contributed by atoms with van der Waals surface area (Å²) in [5, 5.41) is -0.288. The fourth-order valence-electron chi connectivity index (χ4n) is 2.40. The van der Waals surface area contributed by atoms with Gasteiger partial charge in [-0.15, -0.1) is 0 Å². The molecule has 0 radical (unpaired) electrons. The van der Waals surface area contributed by atoms with Crippen LogP contribution in [0.2, 0.25) is 0 Å². The highest BCUT2D eigenvalue weighted by molar-refractivity contribution is 7.92. The number of hydrogen-bond donors (Lipinski definition) is 2. The minimum absolute atomic E-state index is 0.0977. The van der Waals surface area contributed by atoms with Crippen molar-refractivity contribution in [1.82, 2.24) is 5.43 Å². The summed E-state index contributed by atoms with van der Waals surface area (Å²) in [5.74, 6) is 5.86. The highest BCUT2D eigenvalue weighted by Crippen LogP contribution is 2.27. The van der Waals surface area contributed by atoms with Crippen molar-refractivity contribution in [3.05, 3.63) is 0 Å². The molecule has 0 aromatic carbocycles. The molecular weight excluding hydrogens is 236 g/mol. The van der Waals surface area contributed by atoms with E-state index in [0.717, 1.165) is 32.1 Å². The average Bonchev–Trinajstić information content (AvgIpc) is 2.19. The normalized spacial score (nSPS) is 26.7. The van der Waals surface area contributed by atoms with Gasteiger partial charge in [-0.25, -0.2) is 8.42 Å². The van der Waals surface area contributed by atoms with Crippen LogP contribution in [0.15, 0.2) is 0 Å². The lowest BCUT2D eigenvalue weighted by atomic mass is 9.87. The number of hydrazine groups is 1. The van der Waals surface area contributed by atoms with Crippen molar-refractivity contribution in [2.75, 3.05) is 5.75 Å². The van der Waals surface area contributed by atoms with Crippen molar-refractivity contribution in [3.8, 4) is 0 Å². The first-order valence-electron chi connectivity index (χ1n) is 6.44. The molecular formula is C12H26N2O2S. The van der Waals surface area contributed by atoms with Crippen molar-refractivity contribution in [1.29, 1.82) is 0 Å². The summed E-state index contributed by atoms with van der Waals surface area (Å²) in [6, 6.07) is -0.0977. The minimum Gasteiger partial charge on any atom is -0.271 e. The predicted molar refractivity (Wildman–Crippen MR) is 71.2 cm³/mol. The second kappa shape index (κ2) is 5.67. The first kappa shape index (κ1) is 14.9. The first-order valence-corrected chi connectivity index (χ1v) is 8.15. The maximum Gasteiger partial charge on any atom is 0.154 e. The number of rotatable bonds is 4. The first-order chi connectivity index (χ1) is 7.76. The largest absolute Gasteiger partial charge is 0.271 e. The molecule has 0 aromatic rings. The van der Waals surface area contributed by atoms with Gasteiger partial charge in [0.2, 0.25) is 0 Å². The Bertz CT molecular complexity index is 333. The maximum absolute atomic E-state index is 12.0. The fraction of sp³-hybridized carbons (Fsp3) is 1.00. The molecule has 0 amide bonds. The summed E-state index contributed by atoms with van der Waals surface area (Å²) < 4.78 is 24.0. The maximum atomic E-state index is 12.0. The van der Waals surface area contributed by atoms with Gasteiger partial charge in [0.15, 0.2) is 9.84 Å². The van der Waals surface area contributed by atoms with E-state index in [1.165, 1.54) is 0 Å². The van der Waals surface area contributed by atoms with Gasteiger partial charge < -0.3 is 0 Å². The molecule has 17 heavy (non-hydrogen) atoms. The van der Waals surface area contributed by atoms with Gasteiger partial charge >= 0.3 is 0 Å². The summed E-state index contributed by atoms with van der Waals surface area (Å²) in [6.07, 6.45) is 4.35. The Balaban J connectivity index is 2.66. The van der Waals surface area contributed by atoms with Crippen molar-refractivity contribution in [2.45, 2.75) is 64.2 Å². The fourth-order valence-corrected chi connectivity index (χ4v) is 4.55. The van der Waals surface area contributed by atoms with Gasteiger partial charge in [-0.2, -0.15) is 0 Å². The third-order valence-corrected chi connectivity index (χ3v) is 5.84. The average molecular weight is 262 g/mol. The molecule has 4 nitrogen and oxygen atoms in total. The zero-order valence-corrected chi connectivity index (χ0v) is 12.0. The third-order valence-electron chi connectivity index (χ3n) is 3.50. The third kappa shape index (κ3) is 4.56. The molecule has 0 aliphatic carbocycles. The second-order valence-electron chi connectivity index (χ2n) is 6.27. The summed E-state index contributed by atoms with van der Waals surface area (Å²) in [7, 11) is -2.95. The van der Waals surface area contributed by atoms with Gasteiger partial charge in [0.1, 0.15) is 0 Å². The van der Waals surface area contributed by atoms with E-state index >= 15 is 0 Å². The van der Waals surface area contributed by atoms with E-state index in [-0.39, 0.29) is 16.7 Å². The van der Waals surface area contributed by atoms with E-state index in [4.69, 9.17) is 5.84 Å². The predicted octanol–water partition coefficient (Wildman–Crippen LogP) is 1.61. The summed E-state index contributed by atoms with van der Waals surface area (Å²) >= 11 is 0. The van der Waals surface area contributed by atoms with Gasteiger partial charge in [0.25, 0.3) is 0 Å². The molecule has 1 aliphatic heterocycles. The van der Waals surface area contributed by atoms with E-state index in [1.807, 2.05) is 0 Å². The lowest BCUT2D eigenvalue weighted by Gasteiger charge is -2.31. The molecule has 0 bridgehead atoms. The van der Waals surface area contributed by atoms with Crippen LogP contribution < -0.4 is 11.3 Å². The molecule has 3 N–H and O–H groups in total. The zero-order chi connectivity index (χ0) is 13.1. The molecule has 0 spiro atoms. The molecule has 0 saturated carbocycles. The molecule has 1 saturated heterocycles. The summed E-state index contributed by atoms with van der Waals surface area (Å²) in [6.45, 7) is 6.49. The van der Waals surface area contributed by atoms with Crippen LogP contribution >= 0.6 is 0 Å². The van der Waals surface area contributed by atoms with Crippen molar-refractivity contribution >= 4 is 9.84 Å². The Hall–Kier alpha value is -0.130. The molecule has 5 heteroatoms. The monoisotopic (exact) mass is 262 g/mol. The van der Waals surface area contributed by atoms with Crippen LogP contribution in [0.5, 0.6) is 0 Å². The molecule has 1 rings (SSSR count). The standard InChI is InChI=1S/C12H26N2O2S/c1-12(2,3)8-7-10(14-13)11-6-4-5-9-17(11,15)16/h10-11,14H,4-9,13H2,1-3H3. The lowest BCUT2D eigenvalue weighted by Crippen LogP contribution is -2.49. The van der Waals surface area contributed by atoms with Crippen LogP contribution in [0.4, 0.5) is 0 Å². The number of nitrogens with two attached hydrogens (primary N) is 1. The zero-order valence-electron chi connectivity index (χ0n) is 11.2. The van der Waals surface area contributed by atoms with Crippen molar-refractivity contribution < 1.29 is 8.42 Å². The highest BCUT2D eigenvalue weighted by Gasteiger charge is 2.35. The van der Waals surface area contributed by atoms with Crippen LogP contribution in [0.25, 0.3) is 0 Å². The van der Waals surface area contributed by atoms with Gasteiger partial charge in [0.05, 0.1) is 11.0 Å².